The fraction of sp³-hybridized carbons (Fsp3) is 0. The number of benzene rings is 3. The van der Waals surface area contributed by atoms with Crippen molar-refractivity contribution >= 4 is 17.1 Å². The van der Waals surface area contributed by atoms with Gasteiger partial charge < -0.3 is 14.7 Å². The van der Waals surface area contributed by atoms with E-state index in [4.69, 9.17) is 0 Å². The Hall–Kier alpha value is -4.24. The number of hydrogen-bond acceptors (Lipinski definition) is 3. The molecule has 6 rings (SSSR count). The molecule has 0 bridgehead atoms. The van der Waals surface area contributed by atoms with Gasteiger partial charge >= 0.3 is 20.1 Å². The predicted molar refractivity (Wildman–Crippen MR) is 155 cm³/mol. The van der Waals surface area contributed by atoms with E-state index in [9.17, 15) is 0 Å². The molecule has 3 aromatic carbocycles. The van der Waals surface area contributed by atoms with Crippen molar-refractivity contribution in [2.75, 3.05) is 14.7 Å². The van der Waals surface area contributed by atoms with E-state index in [-0.39, 0.29) is 20.1 Å². The molecule has 0 amide bonds. The summed E-state index contributed by atoms with van der Waals surface area (Å²) in [6.07, 6.45) is 24.3. The van der Waals surface area contributed by atoms with Gasteiger partial charge in [0.2, 0.25) is 0 Å². The van der Waals surface area contributed by atoms with E-state index in [0.29, 0.717) is 0 Å². The van der Waals surface area contributed by atoms with Crippen molar-refractivity contribution in [1.82, 2.24) is 0 Å². The summed E-state index contributed by atoms with van der Waals surface area (Å²) >= 11 is 0. The third kappa shape index (κ3) is 9.05. The number of para-hydroxylation sites is 3. The smallest absolute Gasteiger partial charge is 0.406 e. The molecule has 0 aromatic heterocycles. The molecule has 0 unspecified atom stereocenters. The van der Waals surface area contributed by atoms with Gasteiger partial charge in [0.25, 0.3) is 0 Å². The molecule has 0 saturated carbocycles. The van der Waals surface area contributed by atoms with Crippen LogP contribution in [0.4, 0.5) is 17.1 Å². The molecule has 3 aliphatic heterocycles. The summed E-state index contributed by atoms with van der Waals surface area (Å²) < 4.78 is 0. The Bertz CT molecular complexity index is 1060. The minimum atomic E-state index is 0. The molecular formula is C33H30IrN3. The Morgan fingerprint density at radius 3 is 0.838 bits per heavy atom. The van der Waals surface area contributed by atoms with Crippen LogP contribution in [0.15, 0.2) is 164 Å². The van der Waals surface area contributed by atoms with Crippen LogP contribution in [0, 0.1) is 19.6 Å². The van der Waals surface area contributed by atoms with Crippen LogP contribution in [0.1, 0.15) is 0 Å². The van der Waals surface area contributed by atoms with Crippen LogP contribution in [0.5, 0.6) is 0 Å². The van der Waals surface area contributed by atoms with Gasteiger partial charge in [0, 0.05) is 17.1 Å². The summed E-state index contributed by atoms with van der Waals surface area (Å²) in [5.41, 5.74) is 3.58. The predicted octanol–water partition coefficient (Wildman–Crippen LogP) is 8.21. The number of nitrogens with zero attached hydrogens (tertiary/aromatic N) is 3. The molecule has 37 heavy (non-hydrogen) atoms. The first-order valence-corrected chi connectivity index (χ1v) is 12.0. The largest absolute Gasteiger partial charge is 3.00 e. The Kier molecular flexibility index (Phi) is 11.6. The maximum Gasteiger partial charge on any atom is 3.00 e. The number of anilines is 3. The zero-order chi connectivity index (χ0) is 24.7. The summed E-state index contributed by atoms with van der Waals surface area (Å²) in [4.78, 5) is 6.25. The molecule has 0 atom stereocenters. The Labute approximate surface area is 235 Å². The van der Waals surface area contributed by atoms with Gasteiger partial charge in [-0.05, 0) is 55.0 Å². The topological polar surface area (TPSA) is 9.72 Å². The van der Waals surface area contributed by atoms with Crippen LogP contribution >= 0.6 is 0 Å². The molecular weight excluding hydrogens is 631 g/mol. The van der Waals surface area contributed by atoms with E-state index >= 15 is 0 Å². The van der Waals surface area contributed by atoms with Crippen LogP contribution in [-0.2, 0) is 20.1 Å². The van der Waals surface area contributed by atoms with Gasteiger partial charge in [0.15, 0.2) is 0 Å². The maximum absolute atomic E-state index is 2.08. The zero-order valence-electron chi connectivity index (χ0n) is 20.5. The Morgan fingerprint density at radius 1 is 0.351 bits per heavy atom. The fourth-order valence-electron chi connectivity index (χ4n) is 3.51. The van der Waals surface area contributed by atoms with Crippen LogP contribution in [0.2, 0.25) is 0 Å². The maximum atomic E-state index is 2.08. The van der Waals surface area contributed by atoms with E-state index in [2.05, 4.69) is 51.1 Å². The molecule has 3 nitrogen and oxygen atoms in total. The fourth-order valence-corrected chi connectivity index (χ4v) is 3.51. The summed E-state index contributed by atoms with van der Waals surface area (Å²) in [5.74, 6) is 0. The number of rotatable bonds is 3. The van der Waals surface area contributed by atoms with E-state index < -0.39 is 0 Å². The van der Waals surface area contributed by atoms with Crippen molar-refractivity contribution in [1.29, 1.82) is 0 Å². The first-order valence-electron chi connectivity index (χ1n) is 12.0. The summed E-state index contributed by atoms with van der Waals surface area (Å²) in [6, 6.07) is 30.8. The molecule has 0 saturated heterocycles. The van der Waals surface area contributed by atoms with E-state index in [1.165, 1.54) is 17.1 Å². The average Bonchev–Trinajstić information content (AvgIpc) is 3.01. The van der Waals surface area contributed by atoms with Crippen molar-refractivity contribution in [2.24, 2.45) is 0 Å². The average molecular weight is 661 g/mol. The molecule has 186 valence electrons. The molecule has 0 radical (unpaired) electrons. The van der Waals surface area contributed by atoms with Gasteiger partial charge in [0.1, 0.15) is 0 Å². The molecule has 3 heterocycles. The molecule has 3 aliphatic rings. The minimum Gasteiger partial charge on any atom is -0.406 e. The van der Waals surface area contributed by atoms with Gasteiger partial charge in [-0.25, -0.2) is 36.5 Å². The van der Waals surface area contributed by atoms with Crippen LogP contribution in [0.25, 0.3) is 0 Å². The number of allylic oxidation sites excluding steroid dienone is 6. The SMILES string of the molecule is C1=C[CH-]N(c2ccccc2)C=C1.C1=C[CH-]N(c2ccccc2)C=C1.C1=C[CH-]N(c2ccccc2)C=C1.[Ir+3]. The molecule has 4 heteroatoms. The van der Waals surface area contributed by atoms with Gasteiger partial charge in [-0.1, -0.05) is 54.6 Å². The summed E-state index contributed by atoms with van der Waals surface area (Å²) in [5, 5.41) is 0. The van der Waals surface area contributed by atoms with Crippen LogP contribution in [-0.4, -0.2) is 0 Å². The second kappa shape index (κ2) is 15.7. The normalized spacial score (nSPS) is 14.1. The molecule has 0 aliphatic carbocycles. The summed E-state index contributed by atoms with van der Waals surface area (Å²) in [6.45, 7) is 6.11. The first kappa shape index (κ1) is 27.3. The number of hydrogen-bond donors (Lipinski definition) is 0. The first-order chi connectivity index (χ1) is 17.9. The standard InChI is InChI=1S/3C11H10N.Ir/c3*1-3-7-11(8-4-1)12-9-5-2-6-10-12;/h3*1-10H;/q3*-1;+3. The zero-order valence-corrected chi connectivity index (χ0v) is 22.9. The molecule has 0 N–H and O–H groups in total. The second-order valence-electron chi connectivity index (χ2n) is 7.85. The Morgan fingerprint density at radius 2 is 0.622 bits per heavy atom. The van der Waals surface area contributed by atoms with Crippen molar-refractivity contribution in [3.63, 3.8) is 0 Å². The second-order valence-corrected chi connectivity index (χ2v) is 7.85. The van der Waals surface area contributed by atoms with Gasteiger partial charge in [-0.2, -0.15) is 0 Å². The summed E-state index contributed by atoms with van der Waals surface area (Å²) in [7, 11) is 0. The quantitative estimate of drug-likeness (QED) is 0.262. The third-order valence-corrected chi connectivity index (χ3v) is 5.31. The van der Waals surface area contributed by atoms with Gasteiger partial charge in [-0.3, -0.25) is 0 Å². The van der Waals surface area contributed by atoms with Crippen molar-refractivity contribution in [3.8, 4) is 0 Å². The van der Waals surface area contributed by atoms with Crippen molar-refractivity contribution in [2.45, 2.75) is 0 Å². The van der Waals surface area contributed by atoms with Crippen molar-refractivity contribution in [3.05, 3.63) is 184 Å². The molecule has 0 fully saturated rings. The molecule has 3 aromatic rings. The van der Waals surface area contributed by atoms with E-state index in [1.54, 1.807) is 0 Å². The van der Waals surface area contributed by atoms with Gasteiger partial charge in [0.05, 0.1) is 0 Å². The van der Waals surface area contributed by atoms with E-state index in [1.807, 2.05) is 148 Å². The van der Waals surface area contributed by atoms with Gasteiger partial charge in [-0.15, -0.1) is 37.9 Å². The van der Waals surface area contributed by atoms with Crippen LogP contribution < -0.4 is 14.7 Å². The third-order valence-electron chi connectivity index (χ3n) is 5.31. The Balaban J connectivity index is 0.000000152. The minimum absolute atomic E-state index is 0. The van der Waals surface area contributed by atoms with Crippen LogP contribution in [0.3, 0.4) is 0 Å². The molecule has 0 spiro atoms. The van der Waals surface area contributed by atoms with Crippen molar-refractivity contribution < 1.29 is 20.1 Å². The van der Waals surface area contributed by atoms with E-state index in [0.717, 1.165) is 0 Å². The monoisotopic (exact) mass is 661 g/mol.